The van der Waals surface area contributed by atoms with Crippen LogP contribution >= 0.6 is 11.6 Å². The molecule has 2 aromatic rings. The van der Waals surface area contributed by atoms with E-state index >= 15 is 0 Å². The monoisotopic (exact) mass is 400 g/mol. The summed E-state index contributed by atoms with van der Waals surface area (Å²) < 4.78 is 0. The van der Waals surface area contributed by atoms with E-state index in [9.17, 15) is 9.59 Å². The van der Waals surface area contributed by atoms with Gasteiger partial charge in [-0.25, -0.2) is 0 Å². The molecule has 2 amide bonds. The third-order valence-electron chi connectivity index (χ3n) is 4.92. The van der Waals surface area contributed by atoms with Crippen molar-refractivity contribution in [2.75, 3.05) is 6.54 Å². The van der Waals surface area contributed by atoms with E-state index in [0.717, 1.165) is 17.5 Å². The maximum atomic E-state index is 13.0. The van der Waals surface area contributed by atoms with Crippen molar-refractivity contribution in [3.63, 3.8) is 0 Å². The van der Waals surface area contributed by atoms with Crippen molar-refractivity contribution in [3.8, 4) is 0 Å². The Hall–Kier alpha value is -2.33. The van der Waals surface area contributed by atoms with Crippen molar-refractivity contribution >= 4 is 23.4 Å². The van der Waals surface area contributed by atoms with Crippen LogP contribution in [0.5, 0.6) is 0 Å². The highest BCUT2D eigenvalue weighted by atomic mass is 35.5. The van der Waals surface area contributed by atoms with Crippen LogP contribution in [0.25, 0.3) is 0 Å². The van der Waals surface area contributed by atoms with Crippen molar-refractivity contribution in [2.45, 2.75) is 52.1 Å². The van der Waals surface area contributed by atoms with Gasteiger partial charge in [-0.1, -0.05) is 61.0 Å². The smallest absolute Gasteiger partial charge is 0.242 e. The minimum Gasteiger partial charge on any atom is -0.352 e. The molecule has 0 aliphatic carbocycles. The predicted molar refractivity (Wildman–Crippen MR) is 114 cm³/mol. The lowest BCUT2D eigenvalue weighted by Crippen LogP contribution is -2.50. The summed E-state index contributed by atoms with van der Waals surface area (Å²) in [5, 5.41) is 3.62. The molecule has 0 aliphatic rings. The highest BCUT2D eigenvalue weighted by molar-refractivity contribution is 6.30. The zero-order valence-corrected chi connectivity index (χ0v) is 17.6. The Balaban J connectivity index is 2.12. The zero-order valence-electron chi connectivity index (χ0n) is 16.8. The van der Waals surface area contributed by atoms with Crippen molar-refractivity contribution in [1.82, 2.24) is 10.2 Å². The number of benzene rings is 2. The summed E-state index contributed by atoms with van der Waals surface area (Å²) in [6, 6.07) is 16.8. The molecular formula is C23H29ClN2O2. The number of hydrogen-bond donors (Lipinski definition) is 1. The number of carbonyl (C=O) groups excluding carboxylic acids is 2. The van der Waals surface area contributed by atoms with Gasteiger partial charge in [-0.05, 0) is 49.9 Å². The number of halogens is 1. The molecule has 2 atom stereocenters. The van der Waals surface area contributed by atoms with Crippen LogP contribution in [-0.2, 0) is 22.4 Å². The standard InChI is InChI=1S/C23H29ClN2O2/c1-4-17(2)25-23(28)18(3)26(15-14-19-8-6-5-7-9-19)22(27)16-20-10-12-21(24)13-11-20/h5-13,17-18H,4,14-16H2,1-3H3,(H,25,28). The SMILES string of the molecule is CCC(C)NC(=O)C(C)N(CCc1ccccc1)C(=O)Cc1ccc(Cl)cc1. The molecule has 2 aromatic carbocycles. The first-order valence-electron chi connectivity index (χ1n) is 9.79. The Labute approximate surface area is 172 Å². The Morgan fingerprint density at radius 3 is 2.25 bits per heavy atom. The molecule has 150 valence electrons. The van der Waals surface area contributed by atoms with E-state index in [1.165, 1.54) is 0 Å². The fourth-order valence-corrected chi connectivity index (χ4v) is 3.04. The van der Waals surface area contributed by atoms with Gasteiger partial charge in [0.25, 0.3) is 0 Å². The van der Waals surface area contributed by atoms with Gasteiger partial charge in [-0.15, -0.1) is 0 Å². The maximum Gasteiger partial charge on any atom is 0.242 e. The van der Waals surface area contributed by atoms with Gasteiger partial charge in [0.2, 0.25) is 11.8 Å². The van der Waals surface area contributed by atoms with Crippen LogP contribution < -0.4 is 5.32 Å². The van der Waals surface area contributed by atoms with E-state index in [4.69, 9.17) is 11.6 Å². The van der Waals surface area contributed by atoms with E-state index in [1.807, 2.05) is 56.3 Å². The summed E-state index contributed by atoms with van der Waals surface area (Å²) in [7, 11) is 0. The maximum absolute atomic E-state index is 13.0. The van der Waals surface area contributed by atoms with E-state index in [2.05, 4.69) is 5.32 Å². The van der Waals surface area contributed by atoms with Crippen LogP contribution in [0.1, 0.15) is 38.3 Å². The number of nitrogens with zero attached hydrogens (tertiary/aromatic N) is 1. The van der Waals surface area contributed by atoms with Crippen LogP contribution in [0.15, 0.2) is 54.6 Å². The second-order valence-corrected chi connectivity index (χ2v) is 7.56. The molecule has 1 N–H and O–H groups in total. The molecule has 0 bridgehead atoms. The van der Waals surface area contributed by atoms with Crippen molar-refractivity contribution in [2.24, 2.45) is 0 Å². The van der Waals surface area contributed by atoms with E-state index in [0.29, 0.717) is 18.0 Å². The minimum atomic E-state index is -0.530. The van der Waals surface area contributed by atoms with Gasteiger partial charge in [0.05, 0.1) is 6.42 Å². The Kier molecular flexibility index (Phi) is 8.52. The number of carbonyl (C=O) groups is 2. The van der Waals surface area contributed by atoms with Crippen LogP contribution in [0.2, 0.25) is 5.02 Å². The average Bonchev–Trinajstić information content (AvgIpc) is 2.70. The average molecular weight is 401 g/mol. The lowest BCUT2D eigenvalue weighted by atomic mass is 10.1. The first-order chi connectivity index (χ1) is 13.4. The van der Waals surface area contributed by atoms with Crippen LogP contribution in [0, 0.1) is 0 Å². The summed E-state index contributed by atoms with van der Waals surface area (Å²) in [6.45, 7) is 6.27. The predicted octanol–water partition coefficient (Wildman–Crippen LogP) is 4.26. The molecule has 0 spiro atoms. The van der Waals surface area contributed by atoms with E-state index in [1.54, 1.807) is 24.0 Å². The number of rotatable bonds is 9. The first kappa shape index (κ1) is 22.0. The zero-order chi connectivity index (χ0) is 20.5. The quantitative estimate of drug-likeness (QED) is 0.683. The molecule has 4 nitrogen and oxygen atoms in total. The summed E-state index contributed by atoms with van der Waals surface area (Å²) in [5.41, 5.74) is 2.02. The second-order valence-electron chi connectivity index (χ2n) is 7.12. The van der Waals surface area contributed by atoms with Gasteiger partial charge < -0.3 is 10.2 Å². The highest BCUT2D eigenvalue weighted by Gasteiger charge is 2.26. The molecule has 5 heteroatoms. The third kappa shape index (κ3) is 6.68. The summed E-state index contributed by atoms with van der Waals surface area (Å²) >= 11 is 5.93. The molecule has 0 fully saturated rings. The molecule has 0 saturated heterocycles. The molecule has 0 heterocycles. The van der Waals surface area contributed by atoms with Crippen LogP contribution in [-0.4, -0.2) is 35.3 Å². The fourth-order valence-electron chi connectivity index (χ4n) is 2.91. The minimum absolute atomic E-state index is 0.0648. The summed E-state index contributed by atoms with van der Waals surface area (Å²) in [5.74, 6) is -0.183. The first-order valence-corrected chi connectivity index (χ1v) is 10.2. The van der Waals surface area contributed by atoms with Gasteiger partial charge in [-0.3, -0.25) is 9.59 Å². The molecule has 2 rings (SSSR count). The molecule has 0 radical (unpaired) electrons. The molecule has 0 aliphatic heterocycles. The van der Waals surface area contributed by atoms with Gasteiger partial charge in [0.15, 0.2) is 0 Å². The number of amides is 2. The number of hydrogen-bond acceptors (Lipinski definition) is 2. The van der Waals surface area contributed by atoms with Crippen molar-refractivity contribution in [1.29, 1.82) is 0 Å². The molecule has 2 unspecified atom stereocenters. The summed E-state index contributed by atoms with van der Waals surface area (Å²) in [4.78, 5) is 27.4. The van der Waals surface area contributed by atoms with E-state index in [-0.39, 0.29) is 24.3 Å². The van der Waals surface area contributed by atoms with Crippen molar-refractivity contribution in [3.05, 3.63) is 70.7 Å². The van der Waals surface area contributed by atoms with Gasteiger partial charge in [0, 0.05) is 17.6 Å². The van der Waals surface area contributed by atoms with Gasteiger partial charge >= 0.3 is 0 Å². The van der Waals surface area contributed by atoms with Crippen LogP contribution in [0.4, 0.5) is 0 Å². The van der Waals surface area contributed by atoms with Crippen molar-refractivity contribution < 1.29 is 9.59 Å². The number of nitrogens with one attached hydrogen (secondary N) is 1. The lowest BCUT2D eigenvalue weighted by Gasteiger charge is -2.29. The highest BCUT2D eigenvalue weighted by Crippen LogP contribution is 2.13. The van der Waals surface area contributed by atoms with Gasteiger partial charge in [-0.2, -0.15) is 0 Å². The largest absolute Gasteiger partial charge is 0.352 e. The Morgan fingerprint density at radius 1 is 1.00 bits per heavy atom. The lowest BCUT2D eigenvalue weighted by molar-refractivity contribution is -0.139. The normalized spacial score (nSPS) is 12.9. The molecule has 28 heavy (non-hydrogen) atoms. The van der Waals surface area contributed by atoms with Gasteiger partial charge in [0.1, 0.15) is 6.04 Å². The third-order valence-corrected chi connectivity index (χ3v) is 5.17. The molecule has 0 aromatic heterocycles. The van der Waals surface area contributed by atoms with Crippen LogP contribution in [0.3, 0.4) is 0 Å². The molecule has 0 saturated carbocycles. The summed E-state index contributed by atoms with van der Waals surface area (Å²) in [6.07, 6.45) is 1.79. The Bertz CT molecular complexity index is 762. The second kappa shape index (κ2) is 10.9. The fraction of sp³-hybridized carbons (Fsp3) is 0.391. The molecular weight excluding hydrogens is 372 g/mol. The topological polar surface area (TPSA) is 49.4 Å². The Morgan fingerprint density at radius 2 is 1.64 bits per heavy atom. The van der Waals surface area contributed by atoms with E-state index < -0.39 is 6.04 Å².